The second-order valence-corrected chi connectivity index (χ2v) is 3.39. The van der Waals surface area contributed by atoms with Crippen molar-refractivity contribution in [3.05, 3.63) is 0 Å². The van der Waals surface area contributed by atoms with Crippen LogP contribution in [0.25, 0.3) is 0 Å². The van der Waals surface area contributed by atoms with Crippen molar-refractivity contribution in [1.82, 2.24) is 0 Å². The van der Waals surface area contributed by atoms with Gasteiger partial charge in [-0.1, -0.05) is 0 Å². The zero-order valence-corrected chi connectivity index (χ0v) is 10.8. The largest absolute Gasteiger partial charge is 0.324 e. The summed E-state index contributed by atoms with van der Waals surface area (Å²) in [5, 5.41) is 0. The molecule has 0 rings (SSSR count). The third-order valence-electron chi connectivity index (χ3n) is 1.18. The normalized spacial score (nSPS) is 10.9. The van der Waals surface area contributed by atoms with Crippen LogP contribution in [0.3, 0.4) is 0 Å². The summed E-state index contributed by atoms with van der Waals surface area (Å²) in [6.45, 7) is 4.46. The zero-order valence-electron chi connectivity index (χ0n) is 7.88. The van der Waals surface area contributed by atoms with E-state index >= 15 is 0 Å². The maximum Gasteiger partial charge on any atom is 0.324 e. The van der Waals surface area contributed by atoms with Crippen LogP contribution < -0.4 is 0 Å². The summed E-state index contributed by atoms with van der Waals surface area (Å²) in [6, 6.07) is 0. The molecule has 13 heavy (non-hydrogen) atoms. The van der Waals surface area contributed by atoms with Crippen molar-refractivity contribution in [2.24, 2.45) is 0 Å². The molecule has 0 aliphatic carbocycles. The van der Waals surface area contributed by atoms with E-state index in [-0.39, 0.29) is 0 Å². The Kier molecular flexibility index (Phi) is 34.0. The van der Waals surface area contributed by atoms with Gasteiger partial charge in [0.05, 0.1) is 0 Å². The topological polar surface area (TPSA) is 74.6 Å². The molecule has 4 nitrogen and oxygen atoms in total. The fourth-order valence-corrected chi connectivity index (χ4v) is 0.908. The smallest absolute Gasteiger partial charge is 0.310 e. The molecule has 0 aromatic heterocycles. The van der Waals surface area contributed by atoms with Crippen molar-refractivity contribution in [3.8, 4) is 0 Å². The van der Waals surface area contributed by atoms with Crippen LogP contribution in [-0.4, -0.2) is 26.1 Å². The average molecular weight is 240 g/mol. The van der Waals surface area contributed by atoms with Crippen molar-refractivity contribution in [2.75, 3.05) is 0 Å². The quantitative estimate of drug-likeness (QED) is 0.587. The van der Waals surface area contributed by atoms with Gasteiger partial charge in [-0.2, -0.15) is 0 Å². The van der Waals surface area contributed by atoms with E-state index in [9.17, 15) is 0 Å². The maximum atomic E-state index is 8.46. The van der Waals surface area contributed by atoms with Crippen LogP contribution in [0.2, 0.25) is 4.78 Å². The number of hydrogen-bond acceptors (Lipinski definition) is 2. The van der Waals surface area contributed by atoms with Crippen molar-refractivity contribution in [1.29, 1.82) is 0 Å². The minimum Gasteiger partial charge on any atom is -0.310 e. The van der Waals surface area contributed by atoms with E-state index < -0.39 is 17.4 Å². The van der Waals surface area contributed by atoms with Crippen molar-refractivity contribution < 1.29 is 18.9 Å². The molecule has 0 amide bonds. The Hall–Kier alpha value is 0.652. The minimum absolute atomic E-state index is 0.833. The van der Waals surface area contributed by atoms with Crippen LogP contribution in [0.15, 0.2) is 0 Å². The Labute approximate surface area is 90.7 Å². The number of hydrogen-bond donors (Lipinski definition) is 2. The van der Waals surface area contributed by atoms with E-state index in [0.717, 1.165) is 4.78 Å². The standard InChI is InChI=1S/C6H13.Al.2HO2P/c1-3-5-6-4-2;;2*1-3-2/h5H,3-4,6H2,1-2H3;;2*(H,1,2)/q;+2;;. The van der Waals surface area contributed by atoms with E-state index in [1.807, 2.05) is 0 Å². The molecule has 2 N–H and O–H groups in total. The molecule has 0 aromatic rings. The first kappa shape index (κ1) is 19.3. The molecule has 0 saturated heterocycles. The minimum atomic E-state index is -0.833. The van der Waals surface area contributed by atoms with E-state index in [1.54, 1.807) is 0 Å². The van der Waals surface area contributed by atoms with E-state index in [2.05, 4.69) is 30.1 Å². The Balaban J connectivity index is -0.000000140. The van der Waals surface area contributed by atoms with Gasteiger partial charge in [0.2, 0.25) is 0 Å². The van der Waals surface area contributed by atoms with Gasteiger partial charge < -0.3 is 9.79 Å². The Morgan fingerprint density at radius 1 is 1.23 bits per heavy atom. The summed E-state index contributed by atoms with van der Waals surface area (Å²) in [4.78, 5) is 14.0. The predicted octanol–water partition coefficient (Wildman–Crippen LogP) is 2.52. The second-order valence-electron chi connectivity index (χ2n) is 2.12. The third-order valence-corrected chi connectivity index (χ3v) is 1.99. The van der Waals surface area contributed by atoms with Crippen molar-refractivity contribution in [3.63, 3.8) is 0 Å². The van der Waals surface area contributed by atoms with Gasteiger partial charge in [-0.25, -0.2) is 9.13 Å². The molecule has 0 heterocycles. The van der Waals surface area contributed by atoms with Gasteiger partial charge in [-0.05, 0) is 0 Å². The molecular weight excluding hydrogens is 225 g/mol. The van der Waals surface area contributed by atoms with Crippen LogP contribution >= 0.6 is 17.4 Å². The molecule has 7 heteroatoms. The fourth-order valence-electron chi connectivity index (χ4n) is 0.575. The van der Waals surface area contributed by atoms with Gasteiger partial charge in [0, 0.05) is 0 Å². The molecular formula is C6H15AlO4P2+2. The molecule has 0 spiro atoms. The summed E-state index contributed by atoms with van der Waals surface area (Å²) in [5.41, 5.74) is 0. The molecule has 0 saturated carbocycles. The van der Waals surface area contributed by atoms with E-state index in [1.165, 1.54) is 19.3 Å². The van der Waals surface area contributed by atoms with Gasteiger partial charge in [-0.15, -0.1) is 0 Å². The molecule has 0 fully saturated rings. The third kappa shape index (κ3) is 44.9. The predicted molar refractivity (Wildman–Crippen MR) is 54.4 cm³/mol. The molecule has 0 aliphatic rings. The summed E-state index contributed by atoms with van der Waals surface area (Å²) < 4.78 is 17.8. The fraction of sp³-hybridized carbons (Fsp3) is 1.00. The van der Waals surface area contributed by atoms with Crippen LogP contribution in [0.4, 0.5) is 0 Å². The Morgan fingerprint density at radius 2 is 1.54 bits per heavy atom. The molecule has 0 radical (unpaired) electrons. The zero-order chi connectivity index (χ0) is 11.1. The molecule has 1 unspecified atom stereocenters. The molecule has 1 atom stereocenters. The maximum absolute atomic E-state index is 8.46. The van der Waals surface area contributed by atoms with Crippen LogP contribution in [-0.2, 0) is 9.13 Å². The molecule has 74 valence electrons. The van der Waals surface area contributed by atoms with E-state index in [0.29, 0.717) is 0 Å². The summed E-state index contributed by atoms with van der Waals surface area (Å²) >= 11 is 2.85. The van der Waals surface area contributed by atoms with E-state index in [4.69, 9.17) is 18.9 Å². The van der Waals surface area contributed by atoms with Gasteiger partial charge in [0.1, 0.15) is 0 Å². The van der Waals surface area contributed by atoms with Crippen LogP contribution in [0, 0.1) is 0 Å². The van der Waals surface area contributed by atoms with Gasteiger partial charge in [0.25, 0.3) is 0 Å². The van der Waals surface area contributed by atoms with Crippen molar-refractivity contribution >= 4 is 33.7 Å². The van der Waals surface area contributed by atoms with Crippen LogP contribution in [0.5, 0.6) is 0 Å². The summed E-state index contributed by atoms with van der Waals surface area (Å²) in [7, 11) is -1.67. The molecule has 0 aliphatic heterocycles. The number of rotatable bonds is 3. The van der Waals surface area contributed by atoms with Crippen LogP contribution in [0.1, 0.15) is 33.1 Å². The summed E-state index contributed by atoms with van der Waals surface area (Å²) in [6.07, 6.45) is 3.99. The first-order chi connectivity index (χ1) is 6.14. The Morgan fingerprint density at radius 3 is 1.62 bits per heavy atom. The monoisotopic (exact) mass is 240 g/mol. The molecule has 0 bridgehead atoms. The second kappa shape index (κ2) is 22.9. The molecule has 0 aromatic carbocycles. The SMILES string of the molecule is CCC[CH]([Al+2])CC.O=PO.O=PO. The summed E-state index contributed by atoms with van der Waals surface area (Å²) in [5.74, 6) is 0. The average Bonchev–Trinajstić information content (AvgIpc) is 2.07. The first-order valence-electron chi connectivity index (χ1n) is 3.83. The van der Waals surface area contributed by atoms with Gasteiger partial charge >= 0.3 is 71.6 Å². The van der Waals surface area contributed by atoms with Gasteiger partial charge in [-0.3, -0.25) is 0 Å². The Bertz CT molecular complexity index is 98.6. The van der Waals surface area contributed by atoms with Gasteiger partial charge in [0.15, 0.2) is 0 Å². The first-order valence-corrected chi connectivity index (χ1v) is 6.03. The van der Waals surface area contributed by atoms with Crippen molar-refractivity contribution in [2.45, 2.75) is 37.9 Å².